The number of sulfonamides is 1. The van der Waals surface area contributed by atoms with Crippen molar-refractivity contribution in [3.8, 4) is 16.9 Å². The number of halogens is 1. The number of nitrogens with zero attached hydrogens (tertiary/aromatic N) is 2. The number of aryl methyl sites for hydroxylation is 1. The van der Waals surface area contributed by atoms with E-state index in [1.54, 1.807) is 35.0 Å². The standard InChI is InChI=1S/C18H16FN3O4S/c19-13-3-1-12(2-4-13)17-11-14(5-10-18(23)24)21-22(17)15-6-8-16(9-7-15)27(20,25)26/h1-4,6-9,11H,5,10H2,(H,23,24)(H2,20,25,26). The molecule has 0 aliphatic heterocycles. The van der Waals surface area contributed by atoms with E-state index in [1.807, 2.05) is 0 Å². The van der Waals surface area contributed by atoms with Crippen molar-refractivity contribution >= 4 is 16.0 Å². The summed E-state index contributed by atoms with van der Waals surface area (Å²) in [6.07, 6.45) is 0.149. The maximum atomic E-state index is 13.2. The molecule has 0 bridgehead atoms. The van der Waals surface area contributed by atoms with Crippen LogP contribution in [0.4, 0.5) is 4.39 Å². The Bertz CT molecular complexity index is 1070. The lowest BCUT2D eigenvalue weighted by Crippen LogP contribution is -2.12. The minimum absolute atomic E-state index is 0.0344. The highest BCUT2D eigenvalue weighted by Crippen LogP contribution is 2.25. The summed E-state index contributed by atoms with van der Waals surface area (Å²) >= 11 is 0. The van der Waals surface area contributed by atoms with Crippen molar-refractivity contribution in [3.63, 3.8) is 0 Å². The Kier molecular flexibility index (Phi) is 5.06. The van der Waals surface area contributed by atoms with Gasteiger partial charge in [0, 0.05) is 12.0 Å². The molecule has 3 aromatic rings. The average Bonchev–Trinajstić information content (AvgIpc) is 3.04. The normalized spacial score (nSPS) is 11.5. The van der Waals surface area contributed by atoms with Crippen LogP contribution >= 0.6 is 0 Å². The second kappa shape index (κ2) is 7.29. The number of carboxylic acid groups (broad SMARTS) is 1. The van der Waals surface area contributed by atoms with E-state index in [4.69, 9.17) is 10.2 Å². The van der Waals surface area contributed by atoms with E-state index >= 15 is 0 Å². The second-order valence-electron chi connectivity index (χ2n) is 5.87. The lowest BCUT2D eigenvalue weighted by molar-refractivity contribution is -0.136. The molecule has 3 rings (SSSR count). The number of rotatable bonds is 6. The van der Waals surface area contributed by atoms with Crippen LogP contribution in [0.2, 0.25) is 0 Å². The van der Waals surface area contributed by atoms with E-state index in [2.05, 4.69) is 5.10 Å². The van der Waals surface area contributed by atoms with Crippen LogP contribution in [0.5, 0.6) is 0 Å². The minimum atomic E-state index is -3.82. The van der Waals surface area contributed by atoms with E-state index in [1.165, 1.54) is 24.3 Å². The smallest absolute Gasteiger partial charge is 0.303 e. The van der Waals surface area contributed by atoms with Gasteiger partial charge in [-0.15, -0.1) is 0 Å². The quantitative estimate of drug-likeness (QED) is 0.671. The Morgan fingerprint density at radius 1 is 1.11 bits per heavy atom. The summed E-state index contributed by atoms with van der Waals surface area (Å²) in [5.74, 6) is -1.32. The highest BCUT2D eigenvalue weighted by Gasteiger charge is 2.14. The fourth-order valence-corrected chi connectivity index (χ4v) is 3.10. The van der Waals surface area contributed by atoms with Crippen molar-refractivity contribution in [2.45, 2.75) is 17.7 Å². The van der Waals surface area contributed by atoms with Crippen LogP contribution in [-0.4, -0.2) is 29.3 Å². The SMILES string of the molecule is NS(=O)(=O)c1ccc(-n2nc(CCC(=O)O)cc2-c2ccc(F)cc2)cc1. The molecule has 0 unspecified atom stereocenters. The largest absolute Gasteiger partial charge is 0.481 e. The Balaban J connectivity index is 2.06. The van der Waals surface area contributed by atoms with Gasteiger partial charge < -0.3 is 5.11 Å². The van der Waals surface area contributed by atoms with Gasteiger partial charge in [-0.1, -0.05) is 0 Å². The topological polar surface area (TPSA) is 115 Å². The third kappa shape index (κ3) is 4.39. The first kappa shape index (κ1) is 18.7. The van der Waals surface area contributed by atoms with Gasteiger partial charge in [0.1, 0.15) is 5.82 Å². The predicted molar refractivity (Wildman–Crippen MR) is 96.3 cm³/mol. The molecule has 0 atom stereocenters. The lowest BCUT2D eigenvalue weighted by atomic mass is 10.1. The van der Waals surface area contributed by atoms with E-state index in [9.17, 15) is 17.6 Å². The molecule has 7 nitrogen and oxygen atoms in total. The van der Waals surface area contributed by atoms with Gasteiger partial charge in [0.15, 0.2) is 0 Å². The number of primary sulfonamides is 1. The summed E-state index contributed by atoms with van der Waals surface area (Å²) in [5.41, 5.74) is 2.41. The van der Waals surface area contributed by atoms with Gasteiger partial charge in [-0.2, -0.15) is 5.10 Å². The number of benzene rings is 2. The fourth-order valence-electron chi connectivity index (χ4n) is 2.59. The van der Waals surface area contributed by atoms with Crippen molar-refractivity contribution < 1.29 is 22.7 Å². The molecule has 0 aliphatic carbocycles. The van der Waals surface area contributed by atoms with Crippen molar-refractivity contribution in [2.24, 2.45) is 5.14 Å². The summed E-state index contributed by atoms with van der Waals surface area (Å²) in [4.78, 5) is 10.8. The van der Waals surface area contributed by atoms with E-state index < -0.39 is 16.0 Å². The molecule has 0 saturated carbocycles. The zero-order valence-corrected chi connectivity index (χ0v) is 14.9. The van der Waals surface area contributed by atoms with Crippen LogP contribution < -0.4 is 5.14 Å². The molecule has 0 saturated heterocycles. The zero-order chi connectivity index (χ0) is 19.6. The van der Waals surface area contributed by atoms with Crippen molar-refractivity contribution in [2.75, 3.05) is 0 Å². The number of nitrogens with two attached hydrogens (primary N) is 1. The number of aromatic nitrogens is 2. The molecule has 0 spiro atoms. The van der Waals surface area contributed by atoms with E-state index in [0.717, 1.165) is 0 Å². The van der Waals surface area contributed by atoms with Gasteiger partial charge in [-0.3, -0.25) is 4.79 Å². The molecule has 0 aliphatic rings. The first-order valence-electron chi connectivity index (χ1n) is 7.94. The fraction of sp³-hybridized carbons (Fsp3) is 0.111. The highest BCUT2D eigenvalue weighted by molar-refractivity contribution is 7.89. The van der Waals surface area contributed by atoms with Crippen LogP contribution in [-0.2, 0) is 21.2 Å². The first-order chi connectivity index (χ1) is 12.7. The molecule has 9 heteroatoms. The van der Waals surface area contributed by atoms with Gasteiger partial charge in [0.25, 0.3) is 0 Å². The molecule has 1 heterocycles. The van der Waals surface area contributed by atoms with Crippen LogP contribution in [0.25, 0.3) is 16.9 Å². The minimum Gasteiger partial charge on any atom is -0.481 e. The highest BCUT2D eigenvalue weighted by atomic mass is 32.2. The molecular weight excluding hydrogens is 373 g/mol. The van der Waals surface area contributed by atoms with Gasteiger partial charge in [-0.05, 0) is 54.6 Å². The molecule has 0 radical (unpaired) electrons. The van der Waals surface area contributed by atoms with Crippen LogP contribution in [0.15, 0.2) is 59.5 Å². The van der Waals surface area contributed by atoms with Crippen molar-refractivity contribution in [1.29, 1.82) is 0 Å². The Morgan fingerprint density at radius 2 is 1.74 bits per heavy atom. The summed E-state index contributed by atoms with van der Waals surface area (Å²) in [6, 6.07) is 13.3. The monoisotopic (exact) mass is 389 g/mol. The number of hydrogen-bond acceptors (Lipinski definition) is 4. The summed E-state index contributed by atoms with van der Waals surface area (Å²) in [6.45, 7) is 0. The number of carbonyl (C=O) groups is 1. The predicted octanol–water partition coefficient (Wildman–Crippen LogP) is 2.34. The Hall–Kier alpha value is -3.04. The molecule has 2 aromatic carbocycles. The number of aliphatic carboxylic acids is 1. The third-order valence-corrected chi connectivity index (χ3v) is 4.83. The van der Waals surface area contributed by atoms with Crippen molar-refractivity contribution in [3.05, 3.63) is 66.1 Å². The summed E-state index contributed by atoms with van der Waals surface area (Å²) in [5, 5.41) is 18.4. The molecule has 1 aromatic heterocycles. The van der Waals surface area contributed by atoms with Crippen LogP contribution in [0, 0.1) is 5.82 Å². The maximum absolute atomic E-state index is 13.2. The Labute approximate surface area is 154 Å². The molecule has 0 fully saturated rings. The van der Waals surface area contributed by atoms with Gasteiger partial charge in [-0.25, -0.2) is 22.6 Å². The molecule has 27 heavy (non-hydrogen) atoms. The van der Waals surface area contributed by atoms with Crippen LogP contribution in [0.3, 0.4) is 0 Å². The van der Waals surface area contributed by atoms with Crippen LogP contribution in [0.1, 0.15) is 12.1 Å². The van der Waals surface area contributed by atoms with Gasteiger partial charge in [0.2, 0.25) is 10.0 Å². The number of carboxylic acids is 1. The maximum Gasteiger partial charge on any atom is 0.303 e. The second-order valence-corrected chi connectivity index (χ2v) is 7.43. The summed E-state index contributed by atoms with van der Waals surface area (Å²) in [7, 11) is -3.82. The molecule has 3 N–H and O–H groups in total. The average molecular weight is 389 g/mol. The molecule has 0 amide bonds. The lowest BCUT2D eigenvalue weighted by Gasteiger charge is -2.08. The number of hydrogen-bond donors (Lipinski definition) is 2. The third-order valence-electron chi connectivity index (χ3n) is 3.90. The zero-order valence-electron chi connectivity index (χ0n) is 14.0. The first-order valence-corrected chi connectivity index (χ1v) is 9.48. The van der Waals surface area contributed by atoms with E-state index in [0.29, 0.717) is 22.6 Å². The molecular formula is C18H16FN3O4S. The molecule has 140 valence electrons. The van der Waals surface area contributed by atoms with Crippen molar-refractivity contribution in [1.82, 2.24) is 9.78 Å². The summed E-state index contributed by atoms with van der Waals surface area (Å²) < 4.78 is 37.6. The van der Waals surface area contributed by atoms with Gasteiger partial charge >= 0.3 is 5.97 Å². The van der Waals surface area contributed by atoms with Gasteiger partial charge in [0.05, 0.1) is 28.4 Å². The Morgan fingerprint density at radius 3 is 2.30 bits per heavy atom. The van der Waals surface area contributed by atoms with E-state index in [-0.39, 0.29) is 23.6 Å².